The van der Waals surface area contributed by atoms with E-state index in [4.69, 9.17) is 0 Å². The molecule has 4 rings (SSSR count). The van der Waals surface area contributed by atoms with Crippen molar-refractivity contribution in [1.82, 2.24) is 9.97 Å². The predicted molar refractivity (Wildman–Crippen MR) is 93.8 cm³/mol. The third-order valence-electron chi connectivity index (χ3n) is 4.33. The molecule has 0 spiro atoms. The van der Waals surface area contributed by atoms with Crippen LogP contribution >= 0.6 is 0 Å². The molecule has 0 unspecified atom stereocenters. The van der Waals surface area contributed by atoms with Crippen molar-refractivity contribution >= 4 is 33.2 Å². The fourth-order valence-electron chi connectivity index (χ4n) is 3.01. The van der Waals surface area contributed by atoms with E-state index in [1.54, 1.807) is 0 Å². The molecular weight excluding hydrogens is 386 g/mol. The number of alkyl halides is 6. The van der Waals surface area contributed by atoms with E-state index in [1.165, 1.54) is 36.7 Å². The summed E-state index contributed by atoms with van der Waals surface area (Å²) in [4.78, 5) is 5.55. The maximum atomic E-state index is 13.4. The first-order valence-electron chi connectivity index (χ1n) is 8.01. The van der Waals surface area contributed by atoms with Crippen molar-refractivity contribution in [2.75, 3.05) is 10.9 Å². The number of halogens is 6. The van der Waals surface area contributed by atoms with Crippen molar-refractivity contribution in [2.45, 2.75) is 12.4 Å². The highest BCUT2D eigenvalue weighted by atomic mass is 19.4. The highest BCUT2D eigenvalue weighted by Crippen LogP contribution is 2.39. The summed E-state index contributed by atoms with van der Waals surface area (Å²) in [6, 6.07) is 7.17. The molecule has 0 atom stereocenters. The van der Waals surface area contributed by atoms with Gasteiger partial charge in [-0.25, -0.2) is 0 Å². The van der Waals surface area contributed by atoms with Gasteiger partial charge in [0.2, 0.25) is 0 Å². The van der Waals surface area contributed by atoms with Crippen molar-refractivity contribution < 1.29 is 26.3 Å². The third-order valence-corrected chi connectivity index (χ3v) is 4.33. The minimum atomic E-state index is -4.69. The first kappa shape index (κ1) is 18.1. The number of fused-ring (bicyclic) bond motifs is 2. The number of aromatic nitrogens is 2. The van der Waals surface area contributed by atoms with Crippen molar-refractivity contribution in [3.8, 4) is 0 Å². The third kappa shape index (κ3) is 3.21. The van der Waals surface area contributed by atoms with Gasteiger partial charge in [0.15, 0.2) is 0 Å². The maximum absolute atomic E-state index is 13.4. The molecule has 146 valence electrons. The summed E-state index contributed by atoms with van der Waals surface area (Å²) in [5, 5.41) is 0.670. The molecule has 10 heteroatoms. The summed E-state index contributed by atoms with van der Waals surface area (Å²) >= 11 is 0. The van der Waals surface area contributed by atoms with E-state index in [0.717, 1.165) is 12.1 Å². The van der Waals surface area contributed by atoms with Gasteiger partial charge in [-0.2, -0.15) is 26.3 Å². The van der Waals surface area contributed by atoms with E-state index in [-0.39, 0.29) is 0 Å². The standard InChI is InChI=1S/C18H12F6N4/c19-17(20,21)11-5-9-1-3-25-13(9)7-15(11)27-28-16-8-14-10(2-4-26-14)6-12(16)18(22,23)24/h1-8,25-28H. The van der Waals surface area contributed by atoms with E-state index in [0.29, 0.717) is 21.8 Å². The molecule has 2 aromatic carbocycles. The highest BCUT2D eigenvalue weighted by Gasteiger charge is 2.36. The van der Waals surface area contributed by atoms with Gasteiger partial charge in [0.25, 0.3) is 0 Å². The summed E-state index contributed by atoms with van der Waals surface area (Å²) in [5.74, 6) is 0. The average Bonchev–Trinajstić information content (AvgIpc) is 3.24. The quantitative estimate of drug-likeness (QED) is 0.248. The van der Waals surface area contributed by atoms with Crippen LogP contribution in [0, 0.1) is 0 Å². The molecule has 2 heterocycles. The second kappa shape index (κ2) is 6.11. The molecule has 0 aliphatic carbocycles. The van der Waals surface area contributed by atoms with Crippen LogP contribution in [-0.4, -0.2) is 9.97 Å². The van der Waals surface area contributed by atoms with Crippen LogP contribution in [0.2, 0.25) is 0 Å². The lowest BCUT2D eigenvalue weighted by Gasteiger charge is -2.19. The van der Waals surface area contributed by atoms with E-state index < -0.39 is 34.9 Å². The molecule has 2 aromatic heterocycles. The Labute approximate surface area is 153 Å². The topological polar surface area (TPSA) is 55.6 Å². The van der Waals surface area contributed by atoms with E-state index in [1.807, 2.05) is 0 Å². The molecule has 0 aliphatic heterocycles. The SMILES string of the molecule is FC(F)(F)c1cc2cc[nH]c2cc1NNc1cc2[nH]ccc2cc1C(F)(F)F. The number of hydrazine groups is 1. The average molecular weight is 398 g/mol. The van der Waals surface area contributed by atoms with Gasteiger partial charge in [0.05, 0.1) is 22.5 Å². The molecule has 4 aromatic rings. The van der Waals surface area contributed by atoms with E-state index in [9.17, 15) is 26.3 Å². The van der Waals surface area contributed by atoms with Gasteiger partial charge in [-0.3, -0.25) is 0 Å². The summed E-state index contributed by atoms with van der Waals surface area (Å²) in [6.45, 7) is 0. The number of hydrogen-bond acceptors (Lipinski definition) is 2. The van der Waals surface area contributed by atoms with Gasteiger partial charge < -0.3 is 20.8 Å². The number of rotatable bonds is 3. The molecule has 0 bridgehead atoms. The van der Waals surface area contributed by atoms with Gasteiger partial charge in [-0.1, -0.05) is 0 Å². The zero-order valence-electron chi connectivity index (χ0n) is 13.9. The largest absolute Gasteiger partial charge is 0.418 e. The van der Waals surface area contributed by atoms with Gasteiger partial charge in [0.1, 0.15) is 0 Å². The molecule has 0 fully saturated rings. The lowest BCUT2D eigenvalue weighted by atomic mass is 10.1. The van der Waals surface area contributed by atoms with Crippen LogP contribution in [-0.2, 0) is 12.4 Å². The fraction of sp³-hybridized carbons (Fsp3) is 0.111. The van der Waals surface area contributed by atoms with Gasteiger partial charge in [0, 0.05) is 34.2 Å². The number of benzene rings is 2. The number of aromatic amines is 2. The second-order valence-corrected chi connectivity index (χ2v) is 6.17. The van der Waals surface area contributed by atoms with Gasteiger partial charge >= 0.3 is 12.4 Å². The molecular formula is C18H12F6N4. The Morgan fingerprint density at radius 2 is 1.00 bits per heavy atom. The molecule has 0 aliphatic rings. The van der Waals surface area contributed by atoms with Crippen molar-refractivity contribution in [3.05, 3.63) is 59.9 Å². The Hall–Kier alpha value is -3.30. The number of H-pyrrole nitrogens is 2. The monoisotopic (exact) mass is 398 g/mol. The summed E-state index contributed by atoms with van der Waals surface area (Å²) in [7, 11) is 0. The Morgan fingerprint density at radius 3 is 1.36 bits per heavy atom. The zero-order valence-corrected chi connectivity index (χ0v) is 13.9. The second-order valence-electron chi connectivity index (χ2n) is 6.17. The lowest BCUT2D eigenvalue weighted by Crippen LogP contribution is -2.18. The summed E-state index contributed by atoms with van der Waals surface area (Å²) < 4.78 is 80.3. The molecule has 0 radical (unpaired) electrons. The smallest absolute Gasteiger partial charge is 0.361 e. The number of nitrogens with one attached hydrogen (secondary N) is 4. The van der Waals surface area contributed by atoms with Crippen LogP contribution in [0.15, 0.2) is 48.8 Å². The Morgan fingerprint density at radius 1 is 0.607 bits per heavy atom. The first-order valence-corrected chi connectivity index (χ1v) is 8.01. The Bertz CT molecular complexity index is 1060. The summed E-state index contributed by atoms with van der Waals surface area (Å²) in [5.41, 5.74) is 2.59. The maximum Gasteiger partial charge on any atom is 0.418 e. The van der Waals surface area contributed by atoms with E-state index >= 15 is 0 Å². The van der Waals surface area contributed by atoms with Crippen molar-refractivity contribution in [2.24, 2.45) is 0 Å². The lowest BCUT2D eigenvalue weighted by molar-refractivity contribution is -0.137. The normalized spacial score (nSPS) is 12.6. The number of hydrogen-bond donors (Lipinski definition) is 4. The minimum absolute atomic E-state index is 0.335. The number of anilines is 2. The van der Waals surface area contributed by atoms with Crippen LogP contribution in [0.3, 0.4) is 0 Å². The minimum Gasteiger partial charge on any atom is -0.361 e. The Kier molecular flexibility index (Phi) is 3.95. The fourth-order valence-corrected chi connectivity index (χ4v) is 3.01. The molecule has 4 N–H and O–H groups in total. The van der Waals surface area contributed by atoms with Crippen LogP contribution < -0.4 is 10.9 Å². The molecule has 0 saturated heterocycles. The van der Waals surface area contributed by atoms with Crippen LogP contribution in [0.5, 0.6) is 0 Å². The highest BCUT2D eigenvalue weighted by molar-refractivity contribution is 5.87. The van der Waals surface area contributed by atoms with Crippen molar-refractivity contribution in [3.63, 3.8) is 0 Å². The zero-order chi connectivity index (χ0) is 20.1. The molecule has 4 nitrogen and oxygen atoms in total. The Balaban J connectivity index is 1.75. The van der Waals surface area contributed by atoms with Gasteiger partial charge in [-0.15, -0.1) is 0 Å². The first-order chi connectivity index (χ1) is 13.1. The molecule has 0 saturated carbocycles. The van der Waals surface area contributed by atoms with E-state index in [2.05, 4.69) is 20.8 Å². The summed E-state index contributed by atoms with van der Waals surface area (Å²) in [6.07, 6.45) is -6.43. The van der Waals surface area contributed by atoms with Crippen LogP contribution in [0.4, 0.5) is 37.7 Å². The predicted octanol–water partition coefficient (Wildman–Crippen LogP) is 6.13. The molecule has 28 heavy (non-hydrogen) atoms. The van der Waals surface area contributed by atoms with Gasteiger partial charge in [-0.05, 0) is 36.4 Å². The van der Waals surface area contributed by atoms with Crippen LogP contribution in [0.25, 0.3) is 21.8 Å². The van der Waals surface area contributed by atoms with Crippen molar-refractivity contribution in [1.29, 1.82) is 0 Å². The molecule has 0 amide bonds. The van der Waals surface area contributed by atoms with Crippen LogP contribution in [0.1, 0.15) is 11.1 Å².